The molecular weight excluding hydrogens is 260 g/mol. The molecule has 19 heavy (non-hydrogen) atoms. The Morgan fingerprint density at radius 1 is 1.63 bits per heavy atom. The Kier molecular flexibility index (Phi) is 4.85. The highest BCUT2D eigenvalue weighted by atomic mass is 32.2. The molecule has 1 aliphatic heterocycles. The molecule has 2 aromatic heterocycles. The minimum absolute atomic E-state index is 0.0714. The summed E-state index contributed by atoms with van der Waals surface area (Å²) in [7, 11) is 0. The number of aromatic nitrogens is 2. The predicted molar refractivity (Wildman–Crippen MR) is 78.8 cm³/mol. The predicted octanol–water partition coefficient (Wildman–Crippen LogP) is 3.55. The van der Waals surface area contributed by atoms with Gasteiger partial charge in [0.2, 0.25) is 0 Å². The zero-order valence-corrected chi connectivity index (χ0v) is 11.7. The van der Waals surface area contributed by atoms with E-state index in [-0.39, 0.29) is 5.69 Å². The first-order valence-electron chi connectivity index (χ1n) is 6.48. The van der Waals surface area contributed by atoms with Crippen LogP contribution < -0.4 is 0 Å². The van der Waals surface area contributed by atoms with Crippen LogP contribution in [0.5, 0.6) is 0 Å². The second-order valence-electron chi connectivity index (χ2n) is 4.48. The third-order valence-electron chi connectivity index (χ3n) is 3.14. The molecule has 1 atom stereocenters. The molecule has 0 aromatic carbocycles. The molecule has 3 rings (SSSR count). The van der Waals surface area contributed by atoms with Crippen molar-refractivity contribution in [2.24, 2.45) is 0 Å². The number of H-pyrrole nitrogens is 1. The highest BCUT2D eigenvalue weighted by Gasteiger charge is 2.11. The first kappa shape index (κ1) is 13.9. The van der Waals surface area contributed by atoms with Gasteiger partial charge in [-0.25, -0.2) is 9.78 Å². The molecule has 0 aliphatic carbocycles. The first-order chi connectivity index (χ1) is 9.20. The summed E-state index contributed by atoms with van der Waals surface area (Å²) in [6.45, 7) is 2.28. The molecule has 3 heterocycles. The Morgan fingerprint density at radius 3 is 3.05 bits per heavy atom. The van der Waals surface area contributed by atoms with Gasteiger partial charge in [-0.05, 0) is 37.1 Å². The molecule has 0 amide bonds. The molecule has 0 saturated carbocycles. The Labute approximate surface area is 116 Å². The fourth-order valence-corrected chi connectivity index (χ4v) is 3.27. The maximum atomic E-state index is 10.5. The smallest absolute Gasteiger partial charge is 0.354 e. The molecule has 4 nitrogen and oxygen atoms in total. The van der Waals surface area contributed by atoms with E-state index < -0.39 is 5.97 Å². The number of nitrogens with zero attached hydrogens (tertiary/aromatic N) is 1. The van der Waals surface area contributed by atoms with E-state index in [4.69, 9.17) is 5.11 Å². The van der Waals surface area contributed by atoms with Crippen LogP contribution in [0.4, 0.5) is 0 Å². The van der Waals surface area contributed by atoms with E-state index >= 15 is 0 Å². The van der Waals surface area contributed by atoms with Gasteiger partial charge in [-0.2, -0.15) is 11.8 Å². The van der Waals surface area contributed by atoms with Crippen molar-refractivity contribution in [3.05, 3.63) is 30.2 Å². The van der Waals surface area contributed by atoms with Crippen LogP contribution in [0.25, 0.3) is 10.9 Å². The van der Waals surface area contributed by atoms with Gasteiger partial charge in [-0.1, -0.05) is 6.92 Å². The number of thioether (sulfide) groups is 1. The third kappa shape index (κ3) is 3.73. The van der Waals surface area contributed by atoms with Crippen LogP contribution in [0.1, 0.15) is 36.7 Å². The lowest BCUT2D eigenvalue weighted by Gasteiger charge is -1.99. The van der Waals surface area contributed by atoms with Crippen LogP contribution in [0, 0.1) is 0 Å². The number of aromatic amines is 1. The zero-order valence-electron chi connectivity index (χ0n) is 10.9. The van der Waals surface area contributed by atoms with Crippen LogP contribution in [0.15, 0.2) is 24.5 Å². The molecule has 2 aromatic rings. The van der Waals surface area contributed by atoms with E-state index in [0.717, 1.165) is 16.2 Å². The van der Waals surface area contributed by atoms with E-state index in [1.165, 1.54) is 37.3 Å². The number of carbonyl (C=O) groups is 1. The molecule has 102 valence electrons. The monoisotopic (exact) mass is 278 g/mol. The maximum absolute atomic E-state index is 10.5. The van der Waals surface area contributed by atoms with Gasteiger partial charge < -0.3 is 10.1 Å². The number of carboxylic acid groups (broad SMARTS) is 1. The normalized spacial score (nSPS) is 18.1. The van der Waals surface area contributed by atoms with Crippen molar-refractivity contribution in [2.45, 2.75) is 31.4 Å². The average Bonchev–Trinajstić information content (AvgIpc) is 3.09. The van der Waals surface area contributed by atoms with Gasteiger partial charge in [0.1, 0.15) is 5.69 Å². The standard InChI is InChI=1S/C8H6N2O2.C6H12S/c11-8(12)6-3-5-1-2-9-7(5)4-10-6;1-2-6-4-3-5-7-6/h1-4,9H,(H,11,12);6H,2-5H2,1H3. The molecule has 2 N–H and O–H groups in total. The number of nitrogens with one attached hydrogen (secondary N) is 1. The molecule has 1 fully saturated rings. The molecule has 1 saturated heterocycles. The van der Waals surface area contributed by atoms with Gasteiger partial charge in [0, 0.05) is 16.8 Å². The zero-order chi connectivity index (χ0) is 13.7. The molecule has 0 radical (unpaired) electrons. The lowest BCUT2D eigenvalue weighted by atomic mass is 10.2. The van der Waals surface area contributed by atoms with E-state index in [1.807, 2.05) is 6.07 Å². The summed E-state index contributed by atoms with van der Waals surface area (Å²) in [5, 5.41) is 10.5. The Morgan fingerprint density at radius 2 is 2.47 bits per heavy atom. The van der Waals surface area contributed by atoms with Crippen LogP contribution in [-0.4, -0.2) is 32.0 Å². The van der Waals surface area contributed by atoms with Crippen molar-refractivity contribution in [1.29, 1.82) is 0 Å². The van der Waals surface area contributed by atoms with E-state index in [1.54, 1.807) is 6.20 Å². The van der Waals surface area contributed by atoms with Gasteiger partial charge in [-0.15, -0.1) is 0 Å². The second-order valence-corrected chi connectivity index (χ2v) is 5.89. The van der Waals surface area contributed by atoms with Gasteiger partial charge in [0.25, 0.3) is 0 Å². The number of hydrogen-bond acceptors (Lipinski definition) is 3. The average molecular weight is 278 g/mol. The van der Waals surface area contributed by atoms with Crippen molar-refractivity contribution in [2.75, 3.05) is 5.75 Å². The number of hydrogen-bond donors (Lipinski definition) is 2. The molecule has 1 unspecified atom stereocenters. The fraction of sp³-hybridized carbons (Fsp3) is 0.429. The number of aromatic carboxylic acids is 1. The Hall–Kier alpha value is -1.49. The number of fused-ring (bicyclic) bond motifs is 1. The van der Waals surface area contributed by atoms with Crippen LogP contribution >= 0.6 is 11.8 Å². The lowest BCUT2D eigenvalue weighted by molar-refractivity contribution is 0.0690. The number of pyridine rings is 1. The minimum atomic E-state index is -1.00. The highest BCUT2D eigenvalue weighted by Crippen LogP contribution is 2.27. The quantitative estimate of drug-likeness (QED) is 0.881. The van der Waals surface area contributed by atoms with Crippen molar-refractivity contribution in [3.63, 3.8) is 0 Å². The summed E-state index contributed by atoms with van der Waals surface area (Å²) in [6, 6.07) is 3.34. The second kappa shape index (κ2) is 6.61. The number of rotatable bonds is 2. The summed E-state index contributed by atoms with van der Waals surface area (Å²) in [5.41, 5.74) is 0.919. The SMILES string of the molecule is CCC1CCCS1.O=C(O)c1cc2cc[nH]c2cn1. The summed E-state index contributed by atoms with van der Waals surface area (Å²) in [4.78, 5) is 17.2. The van der Waals surface area contributed by atoms with E-state index in [9.17, 15) is 4.79 Å². The molecule has 1 aliphatic rings. The summed E-state index contributed by atoms with van der Waals surface area (Å²) < 4.78 is 0. The van der Waals surface area contributed by atoms with Crippen LogP contribution in [0.3, 0.4) is 0 Å². The van der Waals surface area contributed by atoms with Crippen molar-refractivity contribution >= 4 is 28.6 Å². The summed E-state index contributed by atoms with van der Waals surface area (Å²) in [6.07, 6.45) is 7.58. The number of carboxylic acids is 1. The van der Waals surface area contributed by atoms with Crippen LogP contribution in [-0.2, 0) is 0 Å². The topological polar surface area (TPSA) is 66.0 Å². The molecular formula is C14H18N2O2S. The molecule has 0 spiro atoms. The van der Waals surface area contributed by atoms with Gasteiger partial charge >= 0.3 is 5.97 Å². The molecule has 5 heteroatoms. The third-order valence-corrected chi connectivity index (χ3v) is 4.70. The summed E-state index contributed by atoms with van der Waals surface area (Å²) >= 11 is 2.14. The van der Waals surface area contributed by atoms with E-state index in [2.05, 4.69) is 28.7 Å². The van der Waals surface area contributed by atoms with Gasteiger partial charge in [-0.3, -0.25) is 0 Å². The highest BCUT2D eigenvalue weighted by molar-refractivity contribution is 8.00. The van der Waals surface area contributed by atoms with Crippen molar-refractivity contribution in [3.8, 4) is 0 Å². The molecule has 0 bridgehead atoms. The van der Waals surface area contributed by atoms with Gasteiger partial charge in [0.05, 0.1) is 11.7 Å². The minimum Gasteiger partial charge on any atom is -0.477 e. The Balaban J connectivity index is 0.000000163. The largest absolute Gasteiger partial charge is 0.477 e. The van der Waals surface area contributed by atoms with Crippen molar-refractivity contribution < 1.29 is 9.90 Å². The van der Waals surface area contributed by atoms with E-state index in [0.29, 0.717) is 0 Å². The maximum Gasteiger partial charge on any atom is 0.354 e. The van der Waals surface area contributed by atoms with Gasteiger partial charge in [0.15, 0.2) is 0 Å². The van der Waals surface area contributed by atoms with Crippen LogP contribution in [0.2, 0.25) is 0 Å². The fourth-order valence-electron chi connectivity index (χ4n) is 2.03. The Bertz CT molecular complexity index is 547. The lowest BCUT2D eigenvalue weighted by Crippen LogP contribution is -1.98. The van der Waals surface area contributed by atoms with Crippen molar-refractivity contribution in [1.82, 2.24) is 9.97 Å². The first-order valence-corrected chi connectivity index (χ1v) is 7.53. The summed E-state index contributed by atoms with van der Waals surface area (Å²) in [5.74, 6) is 0.413.